The van der Waals surface area contributed by atoms with E-state index in [1.54, 1.807) is 7.05 Å². The lowest BCUT2D eigenvalue weighted by atomic mass is 9.95. The number of quaternary nitrogens is 1. The van der Waals surface area contributed by atoms with Crippen LogP contribution >= 0.6 is 0 Å². The molecule has 0 spiro atoms. The van der Waals surface area contributed by atoms with Gasteiger partial charge in [-0.3, -0.25) is 9.59 Å². The minimum Gasteiger partial charge on any atom is -0.348 e. The molecule has 1 unspecified atom stereocenters. The molecule has 1 aliphatic rings. The van der Waals surface area contributed by atoms with Crippen molar-refractivity contribution in [3.63, 3.8) is 0 Å². The lowest BCUT2D eigenvalue weighted by Crippen LogP contribution is -3.11. The molecule has 1 aromatic rings. The van der Waals surface area contributed by atoms with Crippen LogP contribution in [0.3, 0.4) is 0 Å². The molecule has 0 saturated heterocycles. The van der Waals surface area contributed by atoms with Gasteiger partial charge in [0.25, 0.3) is 11.8 Å². The molecule has 1 fully saturated rings. The second-order valence-electron chi connectivity index (χ2n) is 6.80. The molecule has 0 aromatic heterocycles. The van der Waals surface area contributed by atoms with Crippen molar-refractivity contribution in [1.29, 1.82) is 0 Å². The van der Waals surface area contributed by atoms with E-state index in [0.717, 1.165) is 31.7 Å². The summed E-state index contributed by atoms with van der Waals surface area (Å²) in [5.41, 5.74) is -1.16. The molecule has 1 aromatic carbocycles. The van der Waals surface area contributed by atoms with Gasteiger partial charge in [0.1, 0.15) is 0 Å². The number of benzene rings is 1. The molecule has 2 rings (SSSR count). The molecule has 0 bridgehead atoms. The molecular formula is C18H25F3N3O2+. The monoisotopic (exact) mass is 372 g/mol. The fourth-order valence-corrected chi connectivity index (χ4v) is 3.17. The van der Waals surface area contributed by atoms with Crippen molar-refractivity contribution in [3.8, 4) is 0 Å². The van der Waals surface area contributed by atoms with Crippen LogP contribution in [0.2, 0.25) is 0 Å². The third-order valence-corrected chi connectivity index (χ3v) is 4.40. The van der Waals surface area contributed by atoms with E-state index in [0.29, 0.717) is 4.90 Å². The lowest BCUT2D eigenvalue weighted by Gasteiger charge is -2.23. The highest BCUT2D eigenvalue weighted by molar-refractivity contribution is 5.92. The van der Waals surface area contributed by atoms with E-state index in [1.807, 2.05) is 0 Å². The minimum atomic E-state index is -4.54. The average molecular weight is 372 g/mol. The summed E-state index contributed by atoms with van der Waals surface area (Å²) in [5.74, 6) is -0.706. The van der Waals surface area contributed by atoms with E-state index in [-0.39, 0.29) is 30.7 Å². The van der Waals surface area contributed by atoms with Gasteiger partial charge < -0.3 is 15.5 Å². The second-order valence-corrected chi connectivity index (χ2v) is 6.80. The van der Waals surface area contributed by atoms with Crippen molar-refractivity contribution in [3.05, 3.63) is 29.8 Å². The second kappa shape index (κ2) is 9.02. The molecule has 26 heavy (non-hydrogen) atoms. The van der Waals surface area contributed by atoms with Gasteiger partial charge in [-0.1, -0.05) is 31.4 Å². The Morgan fingerprint density at radius 3 is 2.35 bits per heavy atom. The van der Waals surface area contributed by atoms with Crippen LogP contribution < -0.4 is 15.5 Å². The predicted octanol–water partition coefficient (Wildman–Crippen LogP) is 1.61. The summed E-state index contributed by atoms with van der Waals surface area (Å²) in [6.45, 7) is 0.00904. The van der Waals surface area contributed by atoms with Gasteiger partial charge in [0, 0.05) is 6.04 Å². The Labute approximate surface area is 150 Å². The Morgan fingerprint density at radius 1 is 1.08 bits per heavy atom. The molecule has 5 nitrogen and oxygen atoms in total. The Morgan fingerprint density at radius 2 is 1.69 bits per heavy atom. The molecule has 1 saturated carbocycles. The highest BCUT2D eigenvalue weighted by Gasteiger charge is 2.33. The molecule has 1 atom stereocenters. The van der Waals surface area contributed by atoms with Gasteiger partial charge in [-0.05, 0) is 25.0 Å². The maximum atomic E-state index is 12.9. The molecule has 144 valence electrons. The SMILES string of the molecule is C[NH+](CC(=O)Nc1ccccc1C(F)(F)F)CC(=O)NC1CCCCC1. The standard InChI is InChI=1S/C18H24F3N3O2/c1-24(11-16(25)22-13-7-3-2-4-8-13)12-17(26)23-15-10-6-5-9-14(15)18(19,20)21/h5-6,9-10,13H,2-4,7-8,11-12H2,1H3,(H,22,25)(H,23,26)/p+1. The van der Waals surface area contributed by atoms with E-state index in [2.05, 4.69) is 10.6 Å². The van der Waals surface area contributed by atoms with Crippen LogP contribution in [0.1, 0.15) is 37.7 Å². The number of hydrogen-bond donors (Lipinski definition) is 3. The topological polar surface area (TPSA) is 62.6 Å². The Kier molecular flexibility index (Phi) is 7.02. The summed E-state index contributed by atoms with van der Waals surface area (Å²) in [7, 11) is 1.66. The predicted molar refractivity (Wildman–Crippen MR) is 91.7 cm³/mol. The number of amides is 2. The van der Waals surface area contributed by atoms with Gasteiger partial charge in [-0.25, -0.2) is 0 Å². The molecule has 0 heterocycles. The van der Waals surface area contributed by atoms with Crippen LogP contribution in [-0.2, 0) is 15.8 Å². The van der Waals surface area contributed by atoms with Crippen molar-refractivity contribution in [2.45, 2.75) is 44.3 Å². The Hall–Kier alpha value is -2.09. The first-order valence-corrected chi connectivity index (χ1v) is 8.82. The normalized spacial score (nSPS) is 16.8. The number of hydrogen-bond acceptors (Lipinski definition) is 2. The molecule has 2 amide bonds. The van der Waals surface area contributed by atoms with Crippen LogP contribution in [-0.4, -0.2) is 38.0 Å². The fraction of sp³-hybridized carbons (Fsp3) is 0.556. The van der Waals surface area contributed by atoms with Crippen LogP contribution in [0.15, 0.2) is 24.3 Å². The zero-order valence-corrected chi connectivity index (χ0v) is 14.8. The summed E-state index contributed by atoms with van der Waals surface area (Å²) >= 11 is 0. The van der Waals surface area contributed by atoms with Gasteiger partial charge in [0.15, 0.2) is 13.1 Å². The van der Waals surface area contributed by atoms with Gasteiger partial charge >= 0.3 is 6.18 Å². The van der Waals surface area contributed by atoms with Crippen molar-refractivity contribution < 1.29 is 27.7 Å². The number of anilines is 1. The third kappa shape index (κ3) is 6.33. The van der Waals surface area contributed by atoms with Crippen LogP contribution in [0, 0.1) is 0 Å². The number of carbonyl (C=O) groups is 2. The van der Waals surface area contributed by atoms with Crippen LogP contribution in [0.25, 0.3) is 0 Å². The molecule has 1 aliphatic carbocycles. The van der Waals surface area contributed by atoms with Gasteiger partial charge in [-0.2, -0.15) is 13.2 Å². The van der Waals surface area contributed by atoms with Crippen LogP contribution in [0.5, 0.6) is 0 Å². The van der Waals surface area contributed by atoms with Crippen molar-refractivity contribution >= 4 is 17.5 Å². The number of para-hydroxylation sites is 1. The number of alkyl halides is 3. The van der Waals surface area contributed by atoms with E-state index in [4.69, 9.17) is 0 Å². The first kappa shape index (κ1) is 20.2. The number of likely N-dealkylation sites (N-methyl/N-ethyl adjacent to an activating group) is 1. The number of halogens is 3. The van der Waals surface area contributed by atoms with Gasteiger partial charge in [0.05, 0.1) is 18.3 Å². The smallest absolute Gasteiger partial charge is 0.348 e. The van der Waals surface area contributed by atoms with Crippen LogP contribution in [0.4, 0.5) is 18.9 Å². The maximum Gasteiger partial charge on any atom is 0.418 e. The van der Waals surface area contributed by atoms with Crippen molar-refractivity contribution in [2.24, 2.45) is 0 Å². The maximum absolute atomic E-state index is 12.9. The lowest BCUT2D eigenvalue weighted by molar-refractivity contribution is -0.862. The van der Waals surface area contributed by atoms with Crippen molar-refractivity contribution in [2.75, 3.05) is 25.5 Å². The summed E-state index contributed by atoms with van der Waals surface area (Å²) in [5, 5.41) is 5.25. The van der Waals surface area contributed by atoms with Crippen molar-refractivity contribution in [1.82, 2.24) is 5.32 Å². The highest BCUT2D eigenvalue weighted by Crippen LogP contribution is 2.34. The van der Waals surface area contributed by atoms with E-state index in [9.17, 15) is 22.8 Å². The summed E-state index contributed by atoms with van der Waals surface area (Å²) < 4.78 is 38.8. The molecule has 8 heteroatoms. The molecular weight excluding hydrogens is 347 g/mol. The average Bonchev–Trinajstić information content (AvgIpc) is 2.54. The Bertz CT molecular complexity index is 628. The Balaban J connectivity index is 1.83. The zero-order valence-electron chi connectivity index (χ0n) is 14.8. The van der Waals surface area contributed by atoms with E-state index in [1.165, 1.54) is 24.6 Å². The first-order chi connectivity index (χ1) is 12.3. The summed E-state index contributed by atoms with van der Waals surface area (Å²) in [6, 6.07) is 5.02. The fourth-order valence-electron chi connectivity index (χ4n) is 3.17. The molecule has 0 aliphatic heterocycles. The molecule has 3 N–H and O–H groups in total. The summed E-state index contributed by atoms with van der Waals surface area (Å²) in [6.07, 6.45) is 0.807. The number of rotatable bonds is 6. The largest absolute Gasteiger partial charge is 0.418 e. The van der Waals surface area contributed by atoms with E-state index < -0.39 is 17.6 Å². The number of carbonyl (C=O) groups excluding carboxylic acids is 2. The minimum absolute atomic E-state index is 0.0930. The highest BCUT2D eigenvalue weighted by atomic mass is 19.4. The quantitative estimate of drug-likeness (QED) is 0.711. The molecule has 0 radical (unpaired) electrons. The van der Waals surface area contributed by atoms with Gasteiger partial charge in [0.2, 0.25) is 0 Å². The summed E-state index contributed by atoms with van der Waals surface area (Å²) in [4.78, 5) is 24.7. The first-order valence-electron chi connectivity index (χ1n) is 8.82. The third-order valence-electron chi connectivity index (χ3n) is 4.40. The van der Waals surface area contributed by atoms with Gasteiger partial charge in [-0.15, -0.1) is 0 Å². The number of nitrogens with one attached hydrogen (secondary N) is 3. The van der Waals surface area contributed by atoms with E-state index >= 15 is 0 Å². The zero-order chi connectivity index (χ0) is 19.2.